The topological polar surface area (TPSA) is 17.8 Å². The van der Waals surface area contributed by atoms with Crippen molar-refractivity contribution >= 4 is 38.2 Å². The Labute approximate surface area is 112 Å². The number of fused-ring (bicyclic) bond motifs is 1. The minimum atomic E-state index is 0.279. The summed E-state index contributed by atoms with van der Waals surface area (Å²) < 4.78 is 3.17. The van der Waals surface area contributed by atoms with Crippen molar-refractivity contribution in [2.24, 2.45) is 0 Å². The smallest absolute Gasteiger partial charge is 0.0839 e. The van der Waals surface area contributed by atoms with Crippen molar-refractivity contribution < 1.29 is 0 Å². The van der Waals surface area contributed by atoms with Crippen molar-refractivity contribution in [3.05, 3.63) is 51.3 Å². The molecule has 0 saturated carbocycles. The van der Waals surface area contributed by atoms with E-state index in [9.17, 15) is 0 Å². The highest BCUT2D eigenvalue weighted by molar-refractivity contribution is 9.10. The third-order valence-electron chi connectivity index (χ3n) is 2.91. The molecule has 0 spiro atoms. The summed E-state index contributed by atoms with van der Waals surface area (Å²) in [5, 5.41) is 7.77. The Morgan fingerprint density at radius 3 is 2.94 bits per heavy atom. The number of halogens is 1. The minimum absolute atomic E-state index is 0.279. The molecule has 0 radical (unpaired) electrons. The van der Waals surface area contributed by atoms with Gasteiger partial charge < -0.3 is 0 Å². The second-order valence-corrected chi connectivity index (χ2v) is 5.79. The molecule has 17 heavy (non-hydrogen) atoms. The van der Waals surface area contributed by atoms with E-state index in [4.69, 9.17) is 0 Å². The van der Waals surface area contributed by atoms with Gasteiger partial charge in [0.2, 0.25) is 0 Å². The van der Waals surface area contributed by atoms with Crippen LogP contribution >= 0.6 is 27.3 Å². The zero-order valence-corrected chi connectivity index (χ0v) is 11.7. The first-order valence-electron chi connectivity index (χ1n) is 5.42. The van der Waals surface area contributed by atoms with Crippen LogP contribution < -0.4 is 0 Å². The molecule has 4 heteroatoms. The lowest BCUT2D eigenvalue weighted by molar-refractivity contribution is 0.593. The van der Waals surface area contributed by atoms with Crippen LogP contribution in [0.3, 0.4) is 0 Å². The molecule has 2 aromatic heterocycles. The largest absolute Gasteiger partial charge is 0.257 e. The van der Waals surface area contributed by atoms with Crippen LogP contribution in [0, 0.1) is 0 Å². The van der Waals surface area contributed by atoms with Crippen molar-refractivity contribution in [1.82, 2.24) is 9.78 Å². The van der Waals surface area contributed by atoms with Crippen molar-refractivity contribution in [2.75, 3.05) is 0 Å². The van der Waals surface area contributed by atoms with Crippen molar-refractivity contribution in [1.29, 1.82) is 0 Å². The van der Waals surface area contributed by atoms with Gasteiger partial charge >= 0.3 is 0 Å². The fourth-order valence-corrected chi connectivity index (χ4v) is 3.22. The van der Waals surface area contributed by atoms with Gasteiger partial charge in [0.15, 0.2) is 0 Å². The molecule has 2 nitrogen and oxygen atoms in total. The van der Waals surface area contributed by atoms with E-state index in [1.807, 2.05) is 18.3 Å². The lowest BCUT2D eigenvalue weighted by Gasteiger charge is -2.11. The maximum atomic E-state index is 4.51. The monoisotopic (exact) mass is 306 g/mol. The van der Waals surface area contributed by atoms with Gasteiger partial charge in [0.05, 0.1) is 17.8 Å². The third kappa shape index (κ3) is 1.81. The van der Waals surface area contributed by atoms with Gasteiger partial charge in [-0.2, -0.15) is 5.10 Å². The summed E-state index contributed by atoms with van der Waals surface area (Å²) in [4.78, 5) is 1.33. The van der Waals surface area contributed by atoms with Gasteiger partial charge in [-0.05, 0) is 30.5 Å². The van der Waals surface area contributed by atoms with E-state index in [0.29, 0.717) is 0 Å². The zero-order chi connectivity index (χ0) is 11.8. The molecule has 0 aliphatic rings. The van der Waals surface area contributed by atoms with Gasteiger partial charge in [0.1, 0.15) is 0 Å². The Morgan fingerprint density at radius 1 is 1.29 bits per heavy atom. The Kier molecular flexibility index (Phi) is 2.76. The Balaban J connectivity index is 2.15. The maximum absolute atomic E-state index is 4.51. The third-order valence-corrected chi connectivity index (χ3v) is 4.64. The average molecular weight is 307 g/mol. The molecular formula is C13H11BrN2S. The molecule has 1 atom stereocenters. The standard InChI is InChI=1S/C13H11BrN2S/c1-9(13-6-3-7-17-13)16-12-5-2-4-11(14)10(12)8-15-16/h2-9H,1H3. The number of rotatable bonds is 2. The number of nitrogens with zero attached hydrogens (tertiary/aromatic N) is 2. The van der Waals surface area contributed by atoms with Crippen LogP contribution in [-0.2, 0) is 0 Å². The second kappa shape index (κ2) is 4.27. The van der Waals surface area contributed by atoms with Crippen LogP contribution in [0.5, 0.6) is 0 Å². The molecule has 0 saturated heterocycles. The lowest BCUT2D eigenvalue weighted by Crippen LogP contribution is -2.06. The molecule has 0 aliphatic heterocycles. The van der Waals surface area contributed by atoms with Crippen LogP contribution in [0.15, 0.2) is 46.4 Å². The molecule has 0 N–H and O–H groups in total. The molecular weight excluding hydrogens is 296 g/mol. The molecule has 0 amide bonds. The van der Waals surface area contributed by atoms with Crippen LogP contribution in [0.2, 0.25) is 0 Å². The normalized spacial score (nSPS) is 13.1. The predicted octanol–water partition coefficient (Wildman–Crippen LogP) is 4.47. The van der Waals surface area contributed by atoms with E-state index in [1.165, 1.54) is 10.4 Å². The zero-order valence-electron chi connectivity index (χ0n) is 9.30. The van der Waals surface area contributed by atoms with Crippen LogP contribution in [0.4, 0.5) is 0 Å². The Morgan fingerprint density at radius 2 is 2.18 bits per heavy atom. The molecule has 0 fully saturated rings. The van der Waals surface area contributed by atoms with E-state index in [2.05, 4.69) is 56.2 Å². The van der Waals surface area contributed by atoms with Crippen LogP contribution in [0.1, 0.15) is 17.8 Å². The van der Waals surface area contributed by atoms with Gasteiger partial charge in [-0.25, -0.2) is 0 Å². The van der Waals surface area contributed by atoms with E-state index in [1.54, 1.807) is 11.3 Å². The molecule has 3 aromatic rings. The summed E-state index contributed by atoms with van der Waals surface area (Å²) in [5.74, 6) is 0. The second-order valence-electron chi connectivity index (χ2n) is 3.95. The minimum Gasteiger partial charge on any atom is -0.257 e. The van der Waals surface area contributed by atoms with E-state index in [0.717, 1.165) is 9.86 Å². The van der Waals surface area contributed by atoms with Gasteiger partial charge in [0, 0.05) is 14.7 Å². The van der Waals surface area contributed by atoms with E-state index in [-0.39, 0.29) is 6.04 Å². The molecule has 3 rings (SSSR count). The molecule has 0 aliphatic carbocycles. The van der Waals surface area contributed by atoms with E-state index < -0.39 is 0 Å². The number of hydrogen-bond acceptors (Lipinski definition) is 2. The van der Waals surface area contributed by atoms with Gasteiger partial charge in [-0.3, -0.25) is 4.68 Å². The predicted molar refractivity (Wildman–Crippen MR) is 75.6 cm³/mol. The van der Waals surface area contributed by atoms with Crippen LogP contribution in [0.25, 0.3) is 10.9 Å². The summed E-state index contributed by atoms with van der Waals surface area (Å²) in [7, 11) is 0. The highest BCUT2D eigenvalue weighted by Crippen LogP contribution is 2.29. The number of aromatic nitrogens is 2. The summed E-state index contributed by atoms with van der Waals surface area (Å²) >= 11 is 5.33. The van der Waals surface area contributed by atoms with Crippen molar-refractivity contribution in [3.63, 3.8) is 0 Å². The number of benzene rings is 1. The van der Waals surface area contributed by atoms with E-state index >= 15 is 0 Å². The Hall–Kier alpha value is -1.13. The highest BCUT2D eigenvalue weighted by Gasteiger charge is 2.13. The highest BCUT2D eigenvalue weighted by atomic mass is 79.9. The first-order valence-corrected chi connectivity index (χ1v) is 7.10. The van der Waals surface area contributed by atoms with Crippen molar-refractivity contribution in [2.45, 2.75) is 13.0 Å². The molecule has 2 heterocycles. The molecule has 1 aromatic carbocycles. The molecule has 86 valence electrons. The SMILES string of the molecule is CC(c1cccs1)n1ncc2c(Br)cccc21. The Bertz CT molecular complexity index is 643. The summed E-state index contributed by atoms with van der Waals surface area (Å²) in [6.07, 6.45) is 1.92. The fraction of sp³-hybridized carbons (Fsp3) is 0.154. The lowest BCUT2D eigenvalue weighted by atomic mass is 10.2. The maximum Gasteiger partial charge on any atom is 0.0839 e. The molecule has 0 bridgehead atoms. The summed E-state index contributed by atoms with van der Waals surface area (Å²) in [5.41, 5.74) is 1.17. The molecule has 1 unspecified atom stereocenters. The van der Waals surface area contributed by atoms with Crippen LogP contribution in [-0.4, -0.2) is 9.78 Å². The fourth-order valence-electron chi connectivity index (χ4n) is 1.99. The number of thiophene rings is 1. The first kappa shape index (κ1) is 11.0. The first-order chi connectivity index (χ1) is 8.27. The average Bonchev–Trinajstić information content (AvgIpc) is 2.98. The van der Waals surface area contributed by atoms with Gasteiger partial charge in [-0.15, -0.1) is 11.3 Å². The van der Waals surface area contributed by atoms with Crippen molar-refractivity contribution in [3.8, 4) is 0 Å². The van der Waals surface area contributed by atoms with Gasteiger partial charge in [-0.1, -0.05) is 28.1 Å². The van der Waals surface area contributed by atoms with Gasteiger partial charge in [0.25, 0.3) is 0 Å². The number of hydrogen-bond donors (Lipinski definition) is 0. The quantitative estimate of drug-likeness (QED) is 0.683. The summed E-state index contributed by atoms with van der Waals surface area (Å²) in [6.45, 7) is 2.18. The summed E-state index contributed by atoms with van der Waals surface area (Å²) in [6, 6.07) is 10.7.